The Kier molecular flexibility index (Phi) is 4.73. The summed E-state index contributed by atoms with van der Waals surface area (Å²) in [5.41, 5.74) is -0.739. The highest BCUT2D eigenvalue weighted by atomic mass is 32.2. The van der Waals surface area contributed by atoms with E-state index >= 15 is 0 Å². The van der Waals surface area contributed by atoms with Crippen molar-refractivity contribution >= 4 is 15.9 Å². The molecule has 0 unspecified atom stereocenters. The van der Waals surface area contributed by atoms with Gasteiger partial charge in [0.2, 0.25) is 15.9 Å². The average Bonchev–Trinajstić information content (AvgIpc) is 2.13. The van der Waals surface area contributed by atoms with E-state index in [2.05, 4.69) is 10.0 Å². The summed E-state index contributed by atoms with van der Waals surface area (Å²) < 4.78 is 25.3. The highest BCUT2D eigenvalue weighted by Gasteiger charge is 2.29. The molecule has 0 fully saturated rings. The predicted molar refractivity (Wildman–Crippen MR) is 59.9 cm³/mol. The van der Waals surface area contributed by atoms with Crippen LogP contribution in [0.3, 0.4) is 0 Å². The normalized spacial score (nSPS) is 12.9. The van der Waals surface area contributed by atoms with E-state index in [0.29, 0.717) is 0 Å². The third kappa shape index (κ3) is 4.17. The van der Waals surface area contributed by atoms with E-state index in [9.17, 15) is 13.2 Å². The first-order chi connectivity index (χ1) is 6.63. The molecule has 0 bridgehead atoms. The molecular formula is C9H20N2O3S. The molecule has 0 saturated carbocycles. The third-order valence-corrected chi connectivity index (χ3v) is 3.97. The second-order valence-corrected chi connectivity index (χ2v) is 6.70. The summed E-state index contributed by atoms with van der Waals surface area (Å²) in [5.74, 6) is -0.186. The minimum Gasteiger partial charge on any atom is -0.359 e. The number of nitrogens with one attached hydrogen (secondary N) is 2. The molecule has 0 saturated heterocycles. The second-order valence-electron chi connectivity index (χ2n) is 4.38. The van der Waals surface area contributed by atoms with Gasteiger partial charge in [0, 0.05) is 13.6 Å². The van der Waals surface area contributed by atoms with Crippen LogP contribution < -0.4 is 10.0 Å². The second kappa shape index (κ2) is 4.94. The van der Waals surface area contributed by atoms with E-state index in [1.165, 1.54) is 7.05 Å². The molecule has 0 spiro atoms. The first-order valence-corrected chi connectivity index (χ1v) is 6.39. The molecule has 0 aromatic carbocycles. The molecule has 0 aliphatic rings. The SMILES string of the molecule is CNC(=O)C(C)(C)CNS(=O)(=O)C(C)C. The molecule has 0 aliphatic carbocycles. The van der Waals surface area contributed by atoms with Crippen LogP contribution >= 0.6 is 0 Å². The van der Waals surface area contributed by atoms with Crippen LogP contribution in [-0.2, 0) is 14.8 Å². The summed E-state index contributed by atoms with van der Waals surface area (Å²) >= 11 is 0. The van der Waals surface area contributed by atoms with Gasteiger partial charge in [-0.3, -0.25) is 4.79 Å². The van der Waals surface area contributed by atoms with Crippen LogP contribution in [-0.4, -0.2) is 33.2 Å². The van der Waals surface area contributed by atoms with Gasteiger partial charge in [-0.25, -0.2) is 13.1 Å². The first kappa shape index (κ1) is 14.4. The van der Waals surface area contributed by atoms with Gasteiger partial charge in [-0.2, -0.15) is 0 Å². The molecule has 5 nitrogen and oxygen atoms in total. The van der Waals surface area contributed by atoms with E-state index < -0.39 is 20.7 Å². The number of hydrogen-bond acceptors (Lipinski definition) is 3. The van der Waals surface area contributed by atoms with Gasteiger partial charge >= 0.3 is 0 Å². The molecule has 6 heteroatoms. The minimum atomic E-state index is -3.30. The molecule has 0 radical (unpaired) electrons. The lowest BCUT2D eigenvalue weighted by Crippen LogP contribution is -2.45. The van der Waals surface area contributed by atoms with Crippen molar-refractivity contribution < 1.29 is 13.2 Å². The highest BCUT2D eigenvalue weighted by Crippen LogP contribution is 2.14. The largest absolute Gasteiger partial charge is 0.359 e. The third-order valence-electron chi connectivity index (χ3n) is 2.18. The van der Waals surface area contributed by atoms with E-state index in [0.717, 1.165) is 0 Å². The fourth-order valence-electron chi connectivity index (χ4n) is 0.866. The maximum absolute atomic E-state index is 11.4. The predicted octanol–water partition coefficient (Wildman–Crippen LogP) is 0.0864. The smallest absolute Gasteiger partial charge is 0.226 e. The van der Waals surface area contributed by atoms with Crippen LogP contribution in [0.25, 0.3) is 0 Å². The van der Waals surface area contributed by atoms with Crippen molar-refractivity contribution in [3.8, 4) is 0 Å². The zero-order valence-corrected chi connectivity index (χ0v) is 10.7. The summed E-state index contributed by atoms with van der Waals surface area (Å²) in [7, 11) is -1.77. The van der Waals surface area contributed by atoms with Crippen LogP contribution in [0.5, 0.6) is 0 Å². The summed E-state index contributed by atoms with van der Waals surface area (Å²) in [4.78, 5) is 11.4. The summed E-state index contributed by atoms with van der Waals surface area (Å²) in [6, 6.07) is 0. The fraction of sp³-hybridized carbons (Fsp3) is 0.889. The topological polar surface area (TPSA) is 75.3 Å². The first-order valence-electron chi connectivity index (χ1n) is 4.84. The monoisotopic (exact) mass is 236 g/mol. The van der Waals surface area contributed by atoms with Crippen molar-refractivity contribution in [2.75, 3.05) is 13.6 Å². The lowest BCUT2D eigenvalue weighted by Gasteiger charge is -2.23. The van der Waals surface area contributed by atoms with Crippen LogP contribution in [0, 0.1) is 5.41 Å². The van der Waals surface area contributed by atoms with Crippen molar-refractivity contribution in [1.29, 1.82) is 0 Å². The maximum Gasteiger partial charge on any atom is 0.226 e. The molecule has 15 heavy (non-hydrogen) atoms. The Hall–Kier alpha value is -0.620. The Morgan fingerprint density at radius 3 is 2.13 bits per heavy atom. The van der Waals surface area contributed by atoms with Gasteiger partial charge in [0.25, 0.3) is 0 Å². The van der Waals surface area contributed by atoms with Crippen molar-refractivity contribution in [2.24, 2.45) is 5.41 Å². The molecule has 90 valence electrons. The zero-order chi connectivity index (χ0) is 12.3. The average molecular weight is 236 g/mol. The van der Waals surface area contributed by atoms with Gasteiger partial charge in [0.05, 0.1) is 10.7 Å². The van der Waals surface area contributed by atoms with Crippen LogP contribution in [0.15, 0.2) is 0 Å². The minimum absolute atomic E-state index is 0.104. The van der Waals surface area contributed by atoms with Gasteiger partial charge in [-0.15, -0.1) is 0 Å². The molecule has 0 rings (SSSR count). The van der Waals surface area contributed by atoms with Crippen molar-refractivity contribution in [2.45, 2.75) is 32.9 Å². The molecule has 0 atom stereocenters. The van der Waals surface area contributed by atoms with Gasteiger partial charge in [-0.05, 0) is 27.7 Å². The fourth-order valence-corrected chi connectivity index (χ4v) is 1.76. The Morgan fingerprint density at radius 1 is 1.33 bits per heavy atom. The zero-order valence-electron chi connectivity index (χ0n) is 9.92. The molecule has 0 heterocycles. The van der Waals surface area contributed by atoms with Crippen LogP contribution in [0.2, 0.25) is 0 Å². The molecule has 0 aliphatic heterocycles. The quantitative estimate of drug-likeness (QED) is 0.710. The molecule has 2 N–H and O–H groups in total. The number of amides is 1. The molecule has 1 amide bonds. The molecular weight excluding hydrogens is 216 g/mol. The van der Waals surface area contributed by atoms with E-state index in [1.54, 1.807) is 27.7 Å². The van der Waals surface area contributed by atoms with Crippen molar-refractivity contribution in [1.82, 2.24) is 10.0 Å². The Balaban J connectivity index is 4.46. The Morgan fingerprint density at radius 2 is 1.80 bits per heavy atom. The lowest BCUT2D eigenvalue weighted by molar-refractivity contribution is -0.128. The maximum atomic E-state index is 11.4. The number of carbonyl (C=O) groups is 1. The lowest BCUT2D eigenvalue weighted by atomic mass is 9.93. The number of hydrogen-bond donors (Lipinski definition) is 2. The van der Waals surface area contributed by atoms with E-state index in [1.807, 2.05) is 0 Å². The van der Waals surface area contributed by atoms with Gasteiger partial charge < -0.3 is 5.32 Å². The summed E-state index contributed by atoms with van der Waals surface area (Å²) in [6.07, 6.45) is 0. The van der Waals surface area contributed by atoms with Crippen molar-refractivity contribution in [3.63, 3.8) is 0 Å². The Bertz CT molecular complexity index is 320. The standard InChI is InChI=1S/C9H20N2O3S/c1-7(2)15(13,14)11-6-9(3,4)8(12)10-5/h7,11H,6H2,1-5H3,(H,10,12). The summed E-state index contributed by atoms with van der Waals surface area (Å²) in [5, 5.41) is 2.01. The molecule has 0 aromatic heterocycles. The van der Waals surface area contributed by atoms with Gasteiger partial charge in [-0.1, -0.05) is 0 Å². The number of carbonyl (C=O) groups excluding carboxylic acids is 1. The molecule has 0 aromatic rings. The van der Waals surface area contributed by atoms with E-state index in [4.69, 9.17) is 0 Å². The van der Waals surface area contributed by atoms with Crippen molar-refractivity contribution in [3.05, 3.63) is 0 Å². The highest BCUT2D eigenvalue weighted by molar-refractivity contribution is 7.90. The number of rotatable bonds is 5. The number of sulfonamides is 1. The van der Waals surface area contributed by atoms with Crippen LogP contribution in [0.1, 0.15) is 27.7 Å². The summed E-state index contributed by atoms with van der Waals surface area (Å²) in [6.45, 7) is 6.67. The van der Waals surface area contributed by atoms with Crippen LogP contribution in [0.4, 0.5) is 0 Å². The Labute approximate surface area is 91.7 Å². The van der Waals surface area contributed by atoms with Gasteiger partial charge in [0.1, 0.15) is 0 Å². The van der Waals surface area contributed by atoms with E-state index in [-0.39, 0.29) is 12.5 Å². The van der Waals surface area contributed by atoms with Gasteiger partial charge in [0.15, 0.2) is 0 Å².